The molecule has 0 aromatic heterocycles. The molecule has 1 aliphatic heterocycles. The second kappa shape index (κ2) is 6.38. The molecule has 1 saturated heterocycles. The average Bonchev–Trinajstić information content (AvgIpc) is 2.21. The Morgan fingerprint density at radius 1 is 1.43 bits per heavy atom. The van der Waals surface area contributed by atoms with Crippen molar-refractivity contribution in [2.75, 3.05) is 32.8 Å². The van der Waals surface area contributed by atoms with Crippen molar-refractivity contribution in [3.8, 4) is 0 Å². The highest BCUT2D eigenvalue weighted by atomic mass is 16.5. The Labute approximate surface area is 87.1 Å². The first kappa shape index (κ1) is 12.0. The van der Waals surface area contributed by atoms with Gasteiger partial charge in [-0.1, -0.05) is 6.92 Å². The molecule has 14 heavy (non-hydrogen) atoms. The Kier molecular flexibility index (Phi) is 5.45. The fraction of sp³-hybridized carbons (Fsp3) is 1.00. The van der Waals surface area contributed by atoms with Gasteiger partial charge in [0.25, 0.3) is 0 Å². The molecule has 1 N–H and O–H groups in total. The second-order valence-electron chi connectivity index (χ2n) is 4.24. The third-order valence-corrected chi connectivity index (χ3v) is 2.82. The predicted octanol–water partition coefficient (Wildman–Crippen LogP) is 1.12. The van der Waals surface area contributed by atoms with Crippen LogP contribution in [0.2, 0.25) is 0 Å². The standard InChI is InChI=1S/C11H23NO2/c1-3-14-11-4-6-12(7-5-11)8-10(2)9-13/h10-11,13H,3-9H2,1-2H3. The summed E-state index contributed by atoms with van der Waals surface area (Å²) >= 11 is 0. The molecular formula is C11H23NO2. The van der Waals surface area contributed by atoms with Gasteiger partial charge in [0.1, 0.15) is 0 Å². The summed E-state index contributed by atoms with van der Waals surface area (Å²) in [5.74, 6) is 0.402. The molecule has 0 amide bonds. The highest BCUT2D eigenvalue weighted by molar-refractivity contribution is 4.73. The Morgan fingerprint density at radius 3 is 2.57 bits per heavy atom. The van der Waals surface area contributed by atoms with Gasteiger partial charge in [0, 0.05) is 32.8 Å². The SMILES string of the molecule is CCOC1CCN(CC(C)CO)CC1. The molecule has 0 aliphatic carbocycles. The van der Waals surface area contributed by atoms with E-state index in [1.807, 2.05) is 0 Å². The predicted molar refractivity (Wildman–Crippen MR) is 57.3 cm³/mol. The molecule has 1 unspecified atom stereocenters. The Hall–Kier alpha value is -0.120. The van der Waals surface area contributed by atoms with E-state index in [2.05, 4.69) is 18.7 Å². The zero-order valence-electron chi connectivity index (χ0n) is 9.41. The van der Waals surface area contributed by atoms with E-state index < -0.39 is 0 Å². The van der Waals surface area contributed by atoms with Gasteiger partial charge < -0.3 is 14.7 Å². The lowest BCUT2D eigenvalue weighted by molar-refractivity contribution is 0.00973. The van der Waals surface area contributed by atoms with E-state index in [0.29, 0.717) is 18.6 Å². The smallest absolute Gasteiger partial charge is 0.0599 e. The van der Waals surface area contributed by atoms with Crippen LogP contribution in [0, 0.1) is 5.92 Å². The minimum absolute atomic E-state index is 0.297. The van der Waals surface area contributed by atoms with E-state index in [0.717, 1.165) is 39.1 Å². The van der Waals surface area contributed by atoms with Crippen LogP contribution in [0.15, 0.2) is 0 Å². The summed E-state index contributed by atoms with van der Waals surface area (Å²) < 4.78 is 5.59. The quantitative estimate of drug-likeness (QED) is 0.723. The summed E-state index contributed by atoms with van der Waals surface area (Å²) in [4.78, 5) is 2.43. The Balaban J connectivity index is 2.15. The minimum Gasteiger partial charge on any atom is -0.396 e. The number of hydrogen-bond acceptors (Lipinski definition) is 3. The monoisotopic (exact) mass is 201 g/mol. The lowest BCUT2D eigenvalue weighted by atomic mass is 10.1. The fourth-order valence-electron chi connectivity index (χ4n) is 1.99. The number of hydrogen-bond donors (Lipinski definition) is 1. The third-order valence-electron chi connectivity index (χ3n) is 2.82. The van der Waals surface area contributed by atoms with Crippen LogP contribution in [0.5, 0.6) is 0 Å². The molecule has 1 aliphatic rings. The molecule has 1 atom stereocenters. The molecule has 1 heterocycles. The molecule has 0 spiro atoms. The van der Waals surface area contributed by atoms with Crippen molar-refractivity contribution in [2.45, 2.75) is 32.8 Å². The van der Waals surface area contributed by atoms with Crippen LogP contribution in [0.1, 0.15) is 26.7 Å². The van der Waals surface area contributed by atoms with Crippen molar-refractivity contribution in [1.29, 1.82) is 0 Å². The molecule has 1 rings (SSSR count). The average molecular weight is 201 g/mol. The number of piperidine rings is 1. The zero-order chi connectivity index (χ0) is 10.4. The normalized spacial score (nSPS) is 22.5. The van der Waals surface area contributed by atoms with Gasteiger partial charge >= 0.3 is 0 Å². The third kappa shape index (κ3) is 3.95. The van der Waals surface area contributed by atoms with Crippen molar-refractivity contribution in [1.82, 2.24) is 4.90 Å². The summed E-state index contributed by atoms with van der Waals surface area (Å²) in [6.45, 7) is 8.54. The molecule has 3 nitrogen and oxygen atoms in total. The number of aliphatic hydroxyl groups is 1. The second-order valence-corrected chi connectivity index (χ2v) is 4.24. The molecule has 84 valence electrons. The van der Waals surface area contributed by atoms with E-state index >= 15 is 0 Å². The van der Waals surface area contributed by atoms with E-state index in [-0.39, 0.29) is 0 Å². The van der Waals surface area contributed by atoms with Crippen LogP contribution in [0.3, 0.4) is 0 Å². The van der Waals surface area contributed by atoms with Crippen LogP contribution in [0.25, 0.3) is 0 Å². The molecule has 0 radical (unpaired) electrons. The summed E-state index contributed by atoms with van der Waals surface area (Å²) in [6.07, 6.45) is 2.76. The van der Waals surface area contributed by atoms with Crippen LogP contribution in [-0.2, 0) is 4.74 Å². The lowest BCUT2D eigenvalue weighted by Gasteiger charge is -2.32. The van der Waals surface area contributed by atoms with Crippen molar-refractivity contribution in [2.24, 2.45) is 5.92 Å². The molecule has 1 fully saturated rings. The van der Waals surface area contributed by atoms with Gasteiger partial charge in [0.2, 0.25) is 0 Å². The van der Waals surface area contributed by atoms with Gasteiger partial charge in [-0.2, -0.15) is 0 Å². The summed E-state index contributed by atoms with van der Waals surface area (Å²) in [5, 5.41) is 8.95. The molecule has 3 heteroatoms. The first-order chi connectivity index (χ1) is 6.76. The van der Waals surface area contributed by atoms with Gasteiger partial charge in [-0.3, -0.25) is 0 Å². The van der Waals surface area contributed by atoms with Crippen LogP contribution >= 0.6 is 0 Å². The molecule has 0 saturated carbocycles. The number of aliphatic hydroxyl groups excluding tert-OH is 1. The van der Waals surface area contributed by atoms with Gasteiger partial charge in [-0.05, 0) is 25.7 Å². The number of nitrogens with zero attached hydrogens (tertiary/aromatic N) is 1. The molecule has 0 bridgehead atoms. The number of likely N-dealkylation sites (tertiary alicyclic amines) is 1. The zero-order valence-corrected chi connectivity index (χ0v) is 9.41. The maximum absolute atomic E-state index is 8.95. The van der Waals surface area contributed by atoms with Crippen molar-refractivity contribution < 1.29 is 9.84 Å². The topological polar surface area (TPSA) is 32.7 Å². The van der Waals surface area contributed by atoms with Crippen LogP contribution < -0.4 is 0 Å². The van der Waals surface area contributed by atoms with Gasteiger partial charge in [-0.25, -0.2) is 0 Å². The summed E-state index contributed by atoms with van der Waals surface area (Å²) in [5.41, 5.74) is 0. The van der Waals surface area contributed by atoms with E-state index in [1.54, 1.807) is 0 Å². The maximum atomic E-state index is 8.95. The van der Waals surface area contributed by atoms with Gasteiger partial charge in [0.15, 0.2) is 0 Å². The molecule has 0 aromatic carbocycles. The molecule has 0 aromatic rings. The maximum Gasteiger partial charge on any atom is 0.0599 e. The van der Waals surface area contributed by atoms with Gasteiger partial charge in [0.05, 0.1) is 6.10 Å². The van der Waals surface area contributed by atoms with Crippen molar-refractivity contribution in [3.05, 3.63) is 0 Å². The first-order valence-electron chi connectivity index (χ1n) is 5.71. The van der Waals surface area contributed by atoms with Crippen LogP contribution in [-0.4, -0.2) is 49.0 Å². The fourth-order valence-corrected chi connectivity index (χ4v) is 1.99. The van der Waals surface area contributed by atoms with Crippen LogP contribution in [0.4, 0.5) is 0 Å². The summed E-state index contributed by atoms with van der Waals surface area (Å²) in [6, 6.07) is 0. The van der Waals surface area contributed by atoms with E-state index in [4.69, 9.17) is 9.84 Å². The minimum atomic E-state index is 0.297. The van der Waals surface area contributed by atoms with Crippen molar-refractivity contribution in [3.63, 3.8) is 0 Å². The number of rotatable bonds is 5. The van der Waals surface area contributed by atoms with Gasteiger partial charge in [-0.15, -0.1) is 0 Å². The number of ether oxygens (including phenoxy) is 1. The highest BCUT2D eigenvalue weighted by Gasteiger charge is 2.19. The highest BCUT2D eigenvalue weighted by Crippen LogP contribution is 2.14. The van der Waals surface area contributed by atoms with E-state index in [1.165, 1.54) is 0 Å². The Morgan fingerprint density at radius 2 is 2.07 bits per heavy atom. The van der Waals surface area contributed by atoms with E-state index in [9.17, 15) is 0 Å². The Bertz CT molecular complexity index is 144. The first-order valence-corrected chi connectivity index (χ1v) is 5.71. The molecular weight excluding hydrogens is 178 g/mol. The largest absolute Gasteiger partial charge is 0.396 e. The summed E-state index contributed by atoms with van der Waals surface area (Å²) in [7, 11) is 0. The lowest BCUT2D eigenvalue weighted by Crippen LogP contribution is -2.39. The van der Waals surface area contributed by atoms with Crippen molar-refractivity contribution >= 4 is 0 Å².